The molecule has 3 aromatic rings. The zero-order valence-corrected chi connectivity index (χ0v) is 13.6. The van der Waals surface area contributed by atoms with Gasteiger partial charge in [-0.25, -0.2) is 13.8 Å². The van der Waals surface area contributed by atoms with Crippen LogP contribution in [0.4, 0.5) is 8.78 Å². The van der Waals surface area contributed by atoms with Crippen LogP contribution >= 0.6 is 11.3 Å². The molecule has 0 bridgehead atoms. The number of halogens is 2. The van der Waals surface area contributed by atoms with Crippen molar-refractivity contribution in [1.82, 2.24) is 9.97 Å². The quantitative estimate of drug-likeness (QED) is 0.717. The standard InChI is InChI=1S/C17H11F2N3OS/c1-8-9(2)24-17-14(8)16(23)21-15(22-17)11(7-20)5-10-3-4-12(18)13(19)6-10/h3-6H,1-2H3,(H,21,22,23)/b11-5+. The number of H-pyrrole nitrogens is 1. The summed E-state index contributed by atoms with van der Waals surface area (Å²) < 4.78 is 26.3. The molecule has 7 heteroatoms. The first-order chi connectivity index (χ1) is 11.4. The maximum absolute atomic E-state index is 13.3. The predicted molar refractivity (Wildman–Crippen MR) is 89.6 cm³/mol. The lowest BCUT2D eigenvalue weighted by molar-refractivity contribution is 0.508. The van der Waals surface area contributed by atoms with E-state index >= 15 is 0 Å². The lowest BCUT2D eigenvalue weighted by Gasteiger charge is -2.01. The highest BCUT2D eigenvalue weighted by molar-refractivity contribution is 7.18. The Morgan fingerprint density at radius 3 is 2.75 bits per heavy atom. The summed E-state index contributed by atoms with van der Waals surface area (Å²) in [5.41, 5.74) is 0.886. The molecule has 24 heavy (non-hydrogen) atoms. The van der Waals surface area contributed by atoms with Gasteiger partial charge in [0.2, 0.25) is 0 Å². The highest BCUT2D eigenvalue weighted by Gasteiger charge is 2.14. The Kier molecular flexibility index (Phi) is 3.99. The van der Waals surface area contributed by atoms with Gasteiger partial charge >= 0.3 is 0 Å². The van der Waals surface area contributed by atoms with Crippen molar-refractivity contribution in [2.75, 3.05) is 0 Å². The Morgan fingerprint density at radius 2 is 2.08 bits per heavy atom. The fraction of sp³-hybridized carbons (Fsp3) is 0.118. The van der Waals surface area contributed by atoms with Crippen LogP contribution in [0.15, 0.2) is 23.0 Å². The summed E-state index contributed by atoms with van der Waals surface area (Å²) in [5, 5.41) is 9.85. The number of nitrogens with one attached hydrogen (secondary N) is 1. The van der Waals surface area contributed by atoms with Gasteiger partial charge in [0.15, 0.2) is 17.5 Å². The monoisotopic (exact) mass is 343 g/mol. The third-order valence-electron chi connectivity index (χ3n) is 3.67. The third kappa shape index (κ3) is 2.72. The van der Waals surface area contributed by atoms with E-state index in [0.717, 1.165) is 22.6 Å². The van der Waals surface area contributed by atoms with Gasteiger partial charge in [-0.3, -0.25) is 4.79 Å². The number of thiophene rings is 1. The molecule has 0 aliphatic carbocycles. The Labute approximate surface area is 139 Å². The number of nitriles is 1. The Morgan fingerprint density at radius 1 is 1.33 bits per heavy atom. The molecule has 2 aromatic heterocycles. The van der Waals surface area contributed by atoms with Crippen LogP contribution in [0.2, 0.25) is 0 Å². The molecule has 0 fully saturated rings. The molecular formula is C17H11F2N3OS. The van der Waals surface area contributed by atoms with Gasteiger partial charge in [0, 0.05) is 4.88 Å². The number of aromatic amines is 1. The maximum atomic E-state index is 13.3. The molecule has 0 aliphatic heterocycles. The minimum absolute atomic E-state index is 0.0590. The fourth-order valence-electron chi connectivity index (χ4n) is 2.30. The van der Waals surface area contributed by atoms with E-state index in [4.69, 9.17) is 0 Å². The van der Waals surface area contributed by atoms with E-state index in [0.29, 0.717) is 15.8 Å². The molecule has 0 amide bonds. The SMILES string of the molecule is Cc1sc2nc(/C(C#N)=C/c3ccc(F)c(F)c3)[nH]c(=O)c2c1C. The molecule has 3 rings (SSSR count). The normalized spacial score (nSPS) is 11.7. The number of nitrogens with zero attached hydrogens (tertiary/aromatic N) is 2. The van der Waals surface area contributed by atoms with Crippen molar-refractivity contribution < 1.29 is 8.78 Å². The maximum Gasteiger partial charge on any atom is 0.260 e. The number of aryl methyl sites for hydroxylation is 2. The van der Waals surface area contributed by atoms with Crippen LogP contribution in [0.1, 0.15) is 21.8 Å². The predicted octanol–water partition coefficient (Wildman–Crippen LogP) is 3.94. The summed E-state index contributed by atoms with van der Waals surface area (Å²) in [7, 11) is 0. The van der Waals surface area contributed by atoms with Gasteiger partial charge in [-0.05, 0) is 43.2 Å². The Hall–Kier alpha value is -2.85. The second kappa shape index (κ2) is 5.98. The van der Waals surface area contributed by atoms with E-state index in [1.807, 2.05) is 19.9 Å². The molecular weight excluding hydrogens is 332 g/mol. The lowest BCUT2D eigenvalue weighted by Crippen LogP contribution is -2.10. The van der Waals surface area contributed by atoms with Gasteiger partial charge in [-0.2, -0.15) is 5.26 Å². The molecule has 0 saturated carbocycles. The summed E-state index contributed by atoms with van der Waals surface area (Å²) in [5.74, 6) is -1.88. The first-order valence-electron chi connectivity index (χ1n) is 6.98. The Bertz CT molecular complexity index is 1090. The smallest absolute Gasteiger partial charge is 0.260 e. The zero-order valence-electron chi connectivity index (χ0n) is 12.8. The molecule has 0 spiro atoms. The number of rotatable bonds is 2. The number of allylic oxidation sites excluding steroid dienone is 1. The second-order valence-electron chi connectivity index (χ2n) is 5.22. The largest absolute Gasteiger partial charge is 0.305 e. The van der Waals surface area contributed by atoms with E-state index in [-0.39, 0.29) is 17.0 Å². The molecule has 0 unspecified atom stereocenters. The Balaban J connectivity index is 2.16. The number of fused-ring (bicyclic) bond motifs is 1. The second-order valence-corrected chi connectivity index (χ2v) is 6.42. The van der Waals surface area contributed by atoms with Crippen LogP contribution in [0.3, 0.4) is 0 Å². The average molecular weight is 343 g/mol. The van der Waals surface area contributed by atoms with Crippen LogP contribution in [0, 0.1) is 36.8 Å². The van der Waals surface area contributed by atoms with Crippen LogP contribution in [-0.4, -0.2) is 9.97 Å². The van der Waals surface area contributed by atoms with Crippen molar-refractivity contribution in [3.05, 3.63) is 62.0 Å². The summed E-state index contributed by atoms with van der Waals surface area (Å²) in [4.78, 5) is 20.7. The summed E-state index contributed by atoms with van der Waals surface area (Å²) in [6, 6.07) is 5.22. The van der Waals surface area contributed by atoms with Gasteiger partial charge in [-0.15, -0.1) is 11.3 Å². The molecule has 120 valence electrons. The number of hydrogen-bond acceptors (Lipinski definition) is 4. The van der Waals surface area contributed by atoms with Gasteiger partial charge in [0.1, 0.15) is 10.9 Å². The summed E-state index contributed by atoms with van der Waals surface area (Å²) in [6.07, 6.45) is 1.35. The van der Waals surface area contributed by atoms with Crippen molar-refractivity contribution in [3.8, 4) is 6.07 Å². The first kappa shape index (κ1) is 16.0. The zero-order chi connectivity index (χ0) is 17.4. The van der Waals surface area contributed by atoms with Gasteiger partial charge < -0.3 is 4.98 Å². The van der Waals surface area contributed by atoms with Gasteiger partial charge in [0.05, 0.1) is 11.0 Å². The molecule has 2 heterocycles. The highest BCUT2D eigenvalue weighted by Crippen LogP contribution is 2.27. The van der Waals surface area contributed by atoms with Gasteiger partial charge in [-0.1, -0.05) is 6.07 Å². The van der Waals surface area contributed by atoms with Crippen molar-refractivity contribution in [2.24, 2.45) is 0 Å². The number of benzene rings is 1. The first-order valence-corrected chi connectivity index (χ1v) is 7.79. The summed E-state index contributed by atoms with van der Waals surface area (Å²) in [6.45, 7) is 3.73. The van der Waals surface area contributed by atoms with Crippen LogP contribution < -0.4 is 5.56 Å². The average Bonchev–Trinajstić information content (AvgIpc) is 2.83. The van der Waals surface area contributed by atoms with Crippen molar-refractivity contribution in [2.45, 2.75) is 13.8 Å². The van der Waals surface area contributed by atoms with E-state index in [9.17, 15) is 18.8 Å². The molecule has 4 nitrogen and oxygen atoms in total. The van der Waals surface area contributed by atoms with Crippen molar-refractivity contribution in [3.63, 3.8) is 0 Å². The minimum atomic E-state index is -1.01. The lowest BCUT2D eigenvalue weighted by atomic mass is 10.1. The van der Waals surface area contributed by atoms with E-state index in [1.165, 1.54) is 23.5 Å². The minimum Gasteiger partial charge on any atom is -0.305 e. The van der Waals surface area contributed by atoms with Crippen LogP contribution in [0.25, 0.3) is 21.9 Å². The number of aromatic nitrogens is 2. The molecule has 0 aliphatic rings. The van der Waals surface area contributed by atoms with Gasteiger partial charge in [0.25, 0.3) is 5.56 Å². The van der Waals surface area contributed by atoms with Crippen molar-refractivity contribution >= 4 is 33.2 Å². The molecule has 0 saturated heterocycles. The topological polar surface area (TPSA) is 69.5 Å². The van der Waals surface area contributed by atoms with Crippen molar-refractivity contribution in [1.29, 1.82) is 5.26 Å². The highest BCUT2D eigenvalue weighted by atomic mass is 32.1. The third-order valence-corrected chi connectivity index (χ3v) is 4.77. The molecule has 0 atom stereocenters. The van der Waals surface area contributed by atoms with Crippen LogP contribution in [-0.2, 0) is 0 Å². The molecule has 0 radical (unpaired) electrons. The number of hydrogen-bond donors (Lipinski definition) is 1. The van der Waals surface area contributed by atoms with E-state index < -0.39 is 11.6 Å². The van der Waals surface area contributed by atoms with E-state index in [2.05, 4.69) is 9.97 Å². The summed E-state index contributed by atoms with van der Waals surface area (Å²) >= 11 is 1.37. The molecule has 1 N–H and O–H groups in total. The van der Waals surface area contributed by atoms with Crippen LogP contribution in [0.5, 0.6) is 0 Å². The fourth-order valence-corrected chi connectivity index (χ4v) is 3.33. The van der Waals surface area contributed by atoms with E-state index in [1.54, 1.807) is 0 Å². The molecule has 1 aromatic carbocycles.